The van der Waals surface area contributed by atoms with Crippen LogP contribution in [0.4, 0.5) is 0 Å². The molecule has 0 aliphatic carbocycles. The lowest BCUT2D eigenvalue weighted by Crippen LogP contribution is -2.55. The molecule has 0 aliphatic heterocycles. The molecule has 0 amide bonds. The number of hydrogen-bond acceptors (Lipinski definition) is 9. The van der Waals surface area contributed by atoms with Gasteiger partial charge in [-0.25, -0.2) is 22.9 Å². The lowest BCUT2D eigenvalue weighted by Gasteiger charge is -2.36. The molecule has 3 rings (SSSR count). The first-order chi connectivity index (χ1) is 18.4. The van der Waals surface area contributed by atoms with Gasteiger partial charge in [-0.15, -0.1) is 0 Å². The van der Waals surface area contributed by atoms with Crippen molar-refractivity contribution in [3.63, 3.8) is 0 Å². The third-order valence-corrected chi connectivity index (χ3v) is 16.3. The van der Waals surface area contributed by atoms with E-state index in [0.717, 1.165) is 12.6 Å². The van der Waals surface area contributed by atoms with Crippen molar-refractivity contribution in [1.82, 2.24) is 40.8 Å². The number of rotatable bonds is 6. The summed E-state index contributed by atoms with van der Waals surface area (Å²) < 4.78 is 72.7. The van der Waals surface area contributed by atoms with Crippen LogP contribution in [0, 0.1) is 0 Å². The average Bonchev–Trinajstić information content (AvgIpc) is 3.62. The van der Waals surface area contributed by atoms with Gasteiger partial charge in [0.2, 0.25) is 0 Å². The van der Waals surface area contributed by atoms with Gasteiger partial charge in [0.15, 0.2) is 0 Å². The molecule has 20 heteroatoms. The minimum atomic E-state index is -3.49. The molecule has 0 aliphatic rings. The van der Waals surface area contributed by atoms with E-state index in [1.807, 2.05) is 0 Å². The number of nitrogens with zero attached hydrogens (tertiary/aromatic N) is 8. The third kappa shape index (κ3) is 14.3. The van der Waals surface area contributed by atoms with Gasteiger partial charge in [-0.1, -0.05) is 56.1 Å². The van der Waals surface area contributed by atoms with Crippen molar-refractivity contribution in [2.24, 2.45) is 0 Å². The molecule has 0 radical (unpaired) electrons. The van der Waals surface area contributed by atoms with Gasteiger partial charge >= 0.3 is 20.4 Å². The van der Waals surface area contributed by atoms with Crippen molar-refractivity contribution >= 4 is 53.9 Å². The topological polar surface area (TPSA) is 176 Å². The van der Waals surface area contributed by atoms with E-state index in [2.05, 4.69) is 53.8 Å². The zero-order valence-electron chi connectivity index (χ0n) is 25.2. The first kappa shape index (κ1) is 48.8. The van der Waals surface area contributed by atoms with Crippen LogP contribution in [0.3, 0.4) is 0 Å². The fraction of sp³-hybridized carbons (Fsp3) is 0.625. The summed E-state index contributed by atoms with van der Waals surface area (Å²) in [5.74, 6) is 0. The highest BCUT2D eigenvalue weighted by atomic mass is 35.7. The number of imidazole rings is 3. The van der Waals surface area contributed by atoms with E-state index in [1.165, 1.54) is 75.5 Å². The van der Waals surface area contributed by atoms with Crippen molar-refractivity contribution in [3.05, 3.63) is 49.8 Å². The lowest BCUT2D eigenvalue weighted by molar-refractivity contribution is 0.510. The standard InChI is InChI=1S/C11H23N3O2SSi.C5H9N3O2S.C3H4N2.C2H6ClNO2S.3CH4/c1-11(2,3)18(6,7)10-12-8-9-14(10)17(15,16)13(4)5;1-7(2)11(9,10)8-4-3-6-5-8;1-2-5-3-4-1;1-4(2)7(3,5)6;;;/h8-9H,1-7H3;3-5H,1-2H3;1-3H,(H,4,5);1-2H3;3*1H4. The van der Waals surface area contributed by atoms with Gasteiger partial charge in [0.05, 0.1) is 6.33 Å². The molecule has 0 saturated heterocycles. The zero-order chi connectivity index (χ0) is 32.4. The van der Waals surface area contributed by atoms with E-state index in [1.54, 1.807) is 24.9 Å². The van der Waals surface area contributed by atoms with Crippen LogP contribution in [0.1, 0.15) is 43.1 Å². The van der Waals surface area contributed by atoms with Crippen LogP contribution in [0.15, 0.2) is 49.8 Å². The Morgan fingerprint density at radius 1 is 0.773 bits per heavy atom. The van der Waals surface area contributed by atoms with Crippen LogP contribution in [-0.2, 0) is 29.7 Å². The van der Waals surface area contributed by atoms with E-state index >= 15 is 0 Å². The van der Waals surface area contributed by atoms with Crippen LogP contribution in [0.2, 0.25) is 18.1 Å². The minimum absolute atomic E-state index is 0. The Labute approximate surface area is 272 Å². The molecule has 0 fully saturated rings. The van der Waals surface area contributed by atoms with Gasteiger partial charge in [-0.2, -0.15) is 38.2 Å². The summed E-state index contributed by atoms with van der Waals surface area (Å²) in [6.07, 6.45) is 12.2. The highest BCUT2D eigenvalue weighted by molar-refractivity contribution is 8.11. The molecule has 0 spiro atoms. The Morgan fingerprint density at radius 2 is 1.25 bits per heavy atom. The second-order valence-electron chi connectivity index (χ2n) is 10.4. The number of halogens is 1. The minimum Gasteiger partial charge on any atom is -0.351 e. The second kappa shape index (κ2) is 19.4. The molecule has 0 bridgehead atoms. The molecule has 0 atom stereocenters. The van der Waals surface area contributed by atoms with Gasteiger partial charge in [-0.05, 0) is 5.04 Å². The predicted molar refractivity (Wildman–Crippen MR) is 185 cm³/mol. The maximum Gasteiger partial charge on any atom is 0.308 e. The molecule has 0 aromatic carbocycles. The summed E-state index contributed by atoms with van der Waals surface area (Å²) in [5, 5.41) is 0.0396. The number of nitrogens with one attached hydrogen (secondary N) is 1. The van der Waals surface area contributed by atoms with E-state index in [0.29, 0.717) is 5.45 Å². The van der Waals surface area contributed by atoms with Crippen molar-refractivity contribution < 1.29 is 25.3 Å². The van der Waals surface area contributed by atoms with Gasteiger partial charge in [0, 0.05) is 90.1 Å². The maximum absolute atomic E-state index is 12.3. The van der Waals surface area contributed by atoms with Gasteiger partial charge in [-0.3, -0.25) is 0 Å². The normalized spacial score (nSPS) is 11.8. The fourth-order valence-corrected chi connectivity index (χ4v) is 6.52. The first-order valence-electron chi connectivity index (χ1n) is 11.8. The summed E-state index contributed by atoms with van der Waals surface area (Å²) >= 11 is 0. The monoisotopic (exact) mass is 723 g/mol. The maximum atomic E-state index is 12.3. The second-order valence-corrected chi connectivity index (χ2v) is 22.4. The molecule has 3 aromatic rings. The zero-order valence-corrected chi connectivity index (χ0v) is 29.5. The average molecular weight is 724 g/mol. The molecule has 44 heavy (non-hydrogen) atoms. The Hall–Kier alpha value is -2.13. The first-order valence-corrected chi connectivity index (χ1v) is 19.9. The molecule has 3 aromatic heterocycles. The van der Waals surface area contributed by atoms with Crippen LogP contribution in [0.25, 0.3) is 0 Å². The van der Waals surface area contributed by atoms with Gasteiger partial charge < -0.3 is 4.98 Å². The fourth-order valence-electron chi connectivity index (χ4n) is 2.21. The van der Waals surface area contributed by atoms with Crippen LogP contribution in [0.5, 0.6) is 0 Å². The number of aromatic nitrogens is 6. The smallest absolute Gasteiger partial charge is 0.308 e. The van der Waals surface area contributed by atoms with Crippen molar-refractivity contribution in [3.8, 4) is 0 Å². The summed E-state index contributed by atoms with van der Waals surface area (Å²) in [6.45, 7) is 10.7. The molecule has 3 heterocycles. The van der Waals surface area contributed by atoms with Gasteiger partial charge in [0.1, 0.15) is 19.8 Å². The summed E-state index contributed by atoms with van der Waals surface area (Å²) in [4.78, 5) is 14.4. The SMILES string of the molecule is C.C.C.CN(C)S(=O)(=O)Cl.CN(C)S(=O)(=O)n1ccnc1.CN(C)S(=O)(=O)n1ccnc1[Si](C)(C)C(C)(C)C.c1c[nH]cn1. The molecule has 0 unspecified atom stereocenters. The summed E-state index contributed by atoms with van der Waals surface area (Å²) in [5.41, 5.74) is 0.698. The van der Waals surface area contributed by atoms with Crippen LogP contribution < -0.4 is 5.45 Å². The van der Waals surface area contributed by atoms with Gasteiger partial charge in [0.25, 0.3) is 9.24 Å². The summed E-state index contributed by atoms with van der Waals surface area (Å²) in [6, 6.07) is 0. The van der Waals surface area contributed by atoms with E-state index in [4.69, 9.17) is 10.7 Å². The Morgan fingerprint density at radius 3 is 1.52 bits per heavy atom. The quantitative estimate of drug-likeness (QED) is 0.296. The van der Waals surface area contributed by atoms with Crippen molar-refractivity contribution in [2.75, 3.05) is 42.3 Å². The molecular formula is C24H54ClN9O6S3Si. The van der Waals surface area contributed by atoms with E-state index < -0.39 is 37.7 Å². The lowest BCUT2D eigenvalue weighted by atomic mass is 10.2. The number of H-pyrrole nitrogens is 1. The molecule has 0 saturated carbocycles. The molecular weight excluding hydrogens is 670 g/mol. The Bertz CT molecular complexity index is 1470. The predicted octanol–water partition coefficient (Wildman–Crippen LogP) is 3.14. The van der Waals surface area contributed by atoms with Crippen LogP contribution in [-0.4, -0.2) is 116 Å². The molecule has 260 valence electrons. The number of aromatic amines is 1. The van der Waals surface area contributed by atoms with Crippen molar-refractivity contribution in [2.45, 2.75) is 61.2 Å². The highest BCUT2D eigenvalue weighted by Crippen LogP contribution is 2.35. The molecule has 15 nitrogen and oxygen atoms in total. The summed E-state index contributed by atoms with van der Waals surface area (Å²) in [7, 11) is 1.24. The third-order valence-electron chi connectivity index (χ3n) is 5.80. The van der Waals surface area contributed by atoms with Crippen LogP contribution >= 0.6 is 10.7 Å². The largest absolute Gasteiger partial charge is 0.351 e. The Balaban J connectivity index is -0.000000263. The molecule has 1 N–H and O–H groups in total. The number of hydrogen-bond donors (Lipinski definition) is 1. The van der Waals surface area contributed by atoms with Crippen molar-refractivity contribution in [1.29, 1.82) is 0 Å². The van der Waals surface area contributed by atoms with E-state index in [9.17, 15) is 25.3 Å². The Kier molecular flexibility index (Phi) is 21.5. The van der Waals surface area contributed by atoms with E-state index in [-0.39, 0.29) is 27.3 Å². The highest BCUT2D eigenvalue weighted by Gasteiger charge is 2.42.